The smallest absolute Gasteiger partial charge is 0.238 e. The second kappa shape index (κ2) is 8.02. The maximum absolute atomic E-state index is 11.9. The van der Waals surface area contributed by atoms with Crippen molar-refractivity contribution in [3.05, 3.63) is 24.3 Å². The van der Waals surface area contributed by atoms with Gasteiger partial charge < -0.3 is 10.1 Å². The van der Waals surface area contributed by atoms with E-state index in [9.17, 15) is 4.79 Å². The molecule has 0 radical (unpaired) electrons. The minimum Gasteiger partial charge on any atom is -0.497 e. The van der Waals surface area contributed by atoms with Crippen LogP contribution < -0.4 is 10.1 Å². The van der Waals surface area contributed by atoms with E-state index in [4.69, 9.17) is 4.74 Å². The lowest BCUT2D eigenvalue weighted by Gasteiger charge is -2.25. The van der Waals surface area contributed by atoms with Gasteiger partial charge in [0.05, 0.1) is 13.7 Å². The predicted molar refractivity (Wildman–Crippen MR) is 79.2 cm³/mol. The Kier molecular flexibility index (Phi) is 6.67. The zero-order chi connectivity index (χ0) is 12.8. The molecule has 1 aromatic carbocycles. The van der Waals surface area contributed by atoms with Gasteiger partial charge in [-0.05, 0) is 50.2 Å². The molecule has 1 amide bonds. The van der Waals surface area contributed by atoms with Crippen molar-refractivity contribution in [3.8, 4) is 5.75 Å². The summed E-state index contributed by atoms with van der Waals surface area (Å²) in [5.41, 5.74) is 0.817. The molecule has 0 bridgehead atoms. The molecule has 0 aromatic heterocycles. The summed E-state index contributed by atoms with van der Waals surface area (Å²) >= 11 is 0. The normalized spacial score (nSPS) is 15.4. The maximum Gasteiger partial charge on any atom is 0.238 e. The van der Waals surface area contributed by atoms with E-state index < -0.39 is 0 Å². The number of hydrogen-bond donors (Lipinski definition) is 1. The Morgan fingerprint density at radius 3 is 2.42 bits per heavy atom. The highest BCUT2D eigenvalue weighted by molar-refractivity contribution is 5.92. The lowest BCUT2D eigenvalue weighted by molar-refractivity contribution is -0.117. The Morgan fingerprint density at radius 2 is 1.84 bits per heavy atom. The average Bonchev–Trinajstić information content (AvgIpc) is 2.40. The van der Waals surface area contributed by atoms with Crippen molar-refractivity contribution >= 4 is 24.0 Å². The van der Waals surface area contributed by atoms with Crippen molar-refractivity contribution in [2.24, 2.45) is 0 Å². The molecule has 106 valence electrons. The first-order valence-corrected chi connectivity index (χ1v) is 6.44. The summed E-state index contributed by atoms with van der Waals surface area (Å²) < 4.78 is 5.07. The molecule has 0 aliphatic carbocycles. The number of halogens is 1. The van der Waals surface area contributed by atoms with Gasteiger partial charge in [0.25, 0.3) is 0 Å². The average molecular weight is 285 g/mol. The molecule has 1 saturated heterocycles. The van der Waals surface area contributed by atoms with Gasteiger partial charge in [0.15, 0.2) is 0 Å². The first-order chi connectivity index (χ1) is 8.78. The van der Waals surface area contributed by atoms with Crippen LogP contribution in [0.2, 0.25) is 0 Å². The third-order valence-corrected chi connectivity index (χ3v) is 3.19. The highest BCUT2D eigenvalue weighted by Gasteiger charge is 2.13. The summed E-state index contributed by atoms with van der Waals surface area (Å²) in [7, 11) is 1.63. The molecule has 1 fully saturated rings. The number of anilines is 1. The molecule has 1 N–H and O–H groups in total. The Hall–Kier alpha value is -1.26. The van der Waals surface area contributed by atoms with E-state index >= 15 is 0 Å². The number of methoxy groups -OCH3 is 1. The number of likely N-dealkylation sites (tertiary alicyclic amines) is 1. The van der Waals surface area contributed by atoms with Crippen LogP contribution in [0.1, 0.15) is 19.3 Å². The molecule has 1 aliphatic rings. The van der Waals surface area contributed by atoms with E-state index in [1.54, 1.807) is 7.11 Å². The second-order valence-corrected chi connectivity index (χ2v) is 4.61. The van der Waals surface area contributed by atoms with Gasteiger partial charge in [0.1, 0.15) is 5.75 Å². The lowest BCUT2D eigenvalue weighted by atomic mass is 10.1. The van der Waals surface area contributed by atoms with Crippen LogP contribution in [0.4, 0.5) is 5.69 Å². The van der Waals surface area contributed by atoms with Crippen LogP contribution >= 0.6 is 12.4 Å². The Bertz CT molecular complexity index is 389. The molecule has 1 aromatic rings. The summed E-state index contributed by atoms with van der Waals surface area (Å²) in [4.78, 5) is 14.1. The fourth-order valence-electron chi connectivity index (χ4n) is 2.20. The second-order valence-electron chi connectivity index (χ2n) is 4.61. The minimum atomic E-state index is 0. The van der Waals surface area contributed by atoms with Crippen LogP contribution in [0, 0.1) is 0 Å². The van der Waals surface area contributed by atoms with Crippen molar-refractivity contribution in [2.75, 3.05) is 32.1 Å². The number of carbonyl (C=O) groups is 1. The van der Waals surface area contributed by atoms with Gasteiger partial charge in [-0.2, -0.15) is 0 Å². The van der Waals surface area contributed by atoms with Crippen LogP contribution in [0.25, 0.3) is 0 Å². The van der Waals surface area contributed by atoms with Crippen LogP contribution in [0.15, 0.2) is 24.3 Å². The molecule has 4 nitrogen and oxygen atoms in total. The zero-order valence-corrected chi connectivity index (χ0v) is 12.0. The fraction of sp³-hybridized carbons (Fsp3) is 0.500. The van der Waals surface area contributed by atoms with Gasteiger partial charge in [0, 0.05) is 5.69 Å². The third-order valence-electron chi connectivity index (χ3n) is 3.19. The van der Waals surface area contributed by atoms with Crippen molar-refractivity contribution in [1.82, 2.24) is 4.90 Å². The van der Waals surface area contributed by atoms with E-state index in [0.717, 1.165) is 24.5 Å². The maximum atomic E-state index is 11.9. The van der Waals surface area contributed by atoms with E-state index in [1.165, 1.54) is 19.3 Å². The summed E-state index contributed by atoms with van der Waals surface area (Å²) in [5, 5.41) is 2.90. The third kappa shape index (κ3) is 5.09. The molecule has 1 aliphatic heterocycles. The first kappa shape index (κ1) is 15.8. The van der Waals surface area contributed by atoms with E-state index in [-0.39, 0.29) is 18.3 Å². The molecule has 0 spiro atoms. The van der Waals surface area contributed by atoms with Gasteiger partial charge in [-0.3, -0.25) is 9.69 Å². The molecule has 2 rings (SSSR count). The van der Waals surface area contributed by atoms with E-state index in [2.05, 4.69) is 10.2 Å². The van der Waals surface area contributed by atoms with Crippen molar-refractivity contribution in [3.63, 3.8) is 0 Å². The summed E-state index contributed by atoms with van der Waals surface area (Å²) in [6.45, 7) is 2.57. The summed E-state index contributed by atoms with van der Waals surface area (Å²) in [5.74, 6) is 0.853. The molecule has 0 atom stereocenters. The molecular weight excluding hydrogens is 264 g/mol. The van der Waals surface area contributed by atoms with Gasteiger partial charge in [-0.15, -0.1) is 12.4 Å². The molecule has 0 saturated carbocycles. The highest BCUT2D eigenvalue weighted by atomic mass is 35.5. The largest absolute Gasteiger partial charge is 0.497 e. The minimum absolute atomic E-state index is 0. The molecular formula is C14H21ClN2O2. The lowest BCUT2D eigenvalue weighted by Crippen LogP contribution is -2.36. The Morgan fingerprint density at radius 1 is 1.21 bits per heavy atom. The number of piperidine rings is 1. The number of amides is 1. The number of nitrogens with zero attached hydrogens (tertiary/aromatic N) is 1. The van der Waals surface area contributed by atoms with Gasteiger partial charge in [-0.25, -0.2) is 0 Å². The van der Waals surface area contributed by atoms with Gasteiger partial charge in [0.2, 0.25) is 5.91 Å². The zero-order valence-electron chi connectivity index (χ0n) is 11.2. The number of nitrogens with one attached hydrogen (secondary N) is 1. The summed E-state index contributed by atoms with van der Waals surface area (Å²) in [6, 6.07) is 7.40. The van der Waals surface area contributed by atoms with E-state index in [0.29, 0.717) is 6.54 Å². The quantitative estimate of drug-likeness (QED) is 0.924. The molecule has 1 heterocycles. The van der Waals surface area contributed by atoms with Crippen molar-refractivity contribution in [1.29, 1.82) is 0 Å². The van der Waals surface area contributed by atoms with Crippen molar-refractivity contribution in [2.45, 2.75) is 19.3 Å². The first-order valence-electron chi connectivity index (χ1n) is 6.44. The number of hydrogen-bond acceptors (Lipinski definition) is 3. The molecule has 5 heteroatoms. The molecule has 19 heavy (non-hydrogen) atoms. The Labute approximate surface area is 120 Å². The van der Waals surface area contributed by atoms with E-state index in [1.807, 2.05) is 24.3 Å². The number of ether oxygens (including phenoxy) is 1. The van der Waals surface area contributed by atoms with Crippen LogP contribution in [0.3, 0.4) is 0 Å². The fourth-order valence-corrected chi connectivity index (χ4v) is 2.20. The monoisotopic (exact) mass is 284 g/mol. The van der Waals surface area contributed by atoms with Crippen LogP contribution in [-0.4, -0.2) is 37.6 Å². The van der Waals surface area contributed by atoms with Gasteiger partial charge >= 0.3 is 0 Å². The summed E-state index contributed by atoms with van der Waals surface area (Å²) in [6.07, 6.45) is 3.70. The highest BCUT2D eigenvalue weighted by Crippen LogP contribution is 2.15. The number of benzene rings is 1. The SMILES string of the molecule is COc1ccc(NC(=O)CN2CCCCC2)cc1.Cl. The standard InChI is InChI=1S/C14H20N2O2.ClH/c1-18-13-7-5-12(6-8-13)15-14(17)11-16-9-3-2-4-10-16;/h5-8H,2-4,9-11H2,1H3,(H,15,17);1H. The van der Waals surface area contributed by atoms with Gasteiger partial charge in [-0.1, -0.05) is 6.42 Å². The Balaban J connectivity index is 0.00000180. The number of rotatable bonds is 4. The number of carbonyl (C=O) groups excluding carboxylic acids is 1. The van der Waals surface area contributed by atoms with Crippen LogP contribution in [-0.2, 0) is 4.79 Å². The van der Waals surface area contributed by atoms with Crippen LogP contribution in [0.5, 0.6) is 5.75 Å². The molecule has 0 unspecified atom stereocenters. The van der Waals surface area contributed by atoms with Crippen molar-refractivity contribution < 1.29 is 9.53 Å². The predicted octanol–water partition coefficient (Wildman–Crippen LogP) is 2.54. The topological polar surface area (TPSA) is 41.6 Å².